The molecule has 1 amide bonds. The van der Waals surface area contributed by atoms with Crippen LogP contribution in [-0.2, 0) is 9.84 Å². The predicted molar refractivity (Wildman–Crippen MR) is 83.4 cm³/mol. The van der Waals surface area contributed by atoms with Crippen molar-refractivity contribution in [2.24, 2.45) is 0 Å². The van der Waals surface area contributed by atoms with Crippen LogP contribution in [-0.4, -0.2) is 58.0 Å². The Labute approximate surface area is 130 Å². The topological polar surface area (TPSA) is 72.9 Å². The van der Waals surface area contributed by atoms with E-state index in [4.69, 9.17) is 9.47 Å². The first-order chi connectivity index (χ1) is 10.3. The Morgan fingerprint density at radius 2 is 1.95 bits per heavy atom. The minimum atomic E-state index is -3.04. The molecule has 1 aliphatic rings. The molecular weight excluding hydrogens is 306 g/mol. The number of carbonyl (C=O) groups excluding carboxylic acids is 1. The number of carbonyl (C=O) groups is 1. The van der Waals surface area contributed by atoms with Gasteiger partial charge in [-0.15, -0.1) is 0 Å². The Bertz CT molecular complexity index is 683. The predicted octanol–water partition coefficient (Wildman–Crippen LogP) is 1.27. The summed E-state index contributed by atoms with van der Waals surface area (Å²) >= 11 is 0. The lowest BCUT2D eigenvalue weighted by Crippen LogP contribution is -2.38. The van der Waals surface area contributed by atoms with Gasteiger partial charge >= 0.3 is 0 Å². The molecule has 0 spiro atoms. The van der Waals surface area contributed by atoms with Crippen LogP contribution in [0.1, 0.15) is 22.3 Å². The van der Waals surface area contributed by atoms with Gasteiger partial charge < -0.3 is 14.4 Å². The molecule has 6 nitrogen and oxygen atoms in total. The van der Waals surface area contributed by atoms with Gasteiger partial charge in [-0.1, -0.05) is 0 Å². The molecule has 0 aromatic heterocycles. The van der Waals surface area contributed by atoms with Crippen molar-refractivity contribution in [3.8, 4) is 11.5 Å². The van der Waals surface area contributed by atoms with Gasteiger partial charge in [0.1, 0.15) is 11.5 Å². The van der Waals surface area contributed by atoms with E-state index in [0.29, 0.717) is 23.5 Å². The average molecular weight is 327 g/mol. The molecule has 0 aliphatic carbocycles. The Kier molecular flexibility index (Phi) is 4.65. The first-order valence-electron chi connectivity index (χ1n) is 7.00. The van der Waals surface area contributed by atoms with Gasteiger partial charge in [-0.3, -0.25) is 4.79 Å². The van der Waals surface area contributed by atoms with E-state index >= 15 is 0 Å². The molecule has 1 heterocycles. The molecule has 7 heteroatoms. The second-order valence-electron chi connectivity index (χ2n) is 5.45. The van der Waals surface area contributed by atoms with E-state index in [2.05, 4.69) is 0 Å². The highest BCUT2D eigenvalue weighted by atomic mass is 32.2. The number of ether oxygens (including phenoxy) is 2. The highest BCUT2D eigenvalue weighted by Gasteiger charge is 2.34. The van der Waals surface area contributed by atoms with Crippen molar-refractivity contribution in [2.75, 3.05) is 32.8 Å². The fourth-order valence-corrected chi connectivity index (χ4v) is 4.54. The van der Waals surface area contributed by atoms with E-state index in [1.54, 1.807) is 26.3 Å². The first-order valence-corrected chi connectivity index (χ1v) is 8.82. The van der Waals surface area contributed by atoms with Gasteiger partial charge in [-0.05, 0) is 25.5 Å². The molecule has 1 unspecified atom stereocenters. The molecule has 0 bridgehead atoms. The van der Waals surface area contributed by atoms with Gasteiger partial charge in [-0.2, -0.15) is 0 Å². The summed E-state index contributed by atoms with van der Waals surface area (Å²) in [6, 6.07) is 3.07. The van der Waals surface area contributed by atoms with Crippen LogP contribution in [0.5, 0.6) is 11.5 Å². The van der Waals surface area contributed by atoms with E-state index in [1.807, 2.05) is 6.92 Å². The third-order valence-corrected chi connectivity index (χ3v) is 5.84. The van der Waals surface area contributed by atoms with Crippen molar-refractivity contribution in [3.63, 3.8) is 0 Å². The molecule has 1 saturated heterocycles. The van der Waals surface area contributed by atoms with Crippen molar-refractivity contribution in [3.05, 3.63) is 23.3 Å². The number of benzene rings is 1. The maximum atomic E-state index is 12.7. The van der Waals surface area contributed by atoms with Gasteiger partial charge in [-0.25, -0.2) is 8.42 Å². The van der Waals surface area contributed by atoms with Crippen LogP contribution in [0.25, 0.3) is 0 Å². The second-order valence-corrected chi connectivity index (χ2v) is 7.68. The normalized spacial score (nSPS) is 19.7. The molecule has 122 valence electrons. The maximum absolute atomic E-state index is 12.7. The van der Waals surface area contributed by atoms with Crippen molar-refractivity contribution < 1.29 is 22.7 Å². The lowest BCUT2D eigenvalue weighted by atomic mass is 10.1. The fraction of sp³-hybridized carbons (Fsp3) is 0.533. The Hall–Kier alpha value is -1.76. The molecule has 1 fully saturated rings. The van der Waals surface area contributed by atoms with Crippen LogP contribution in [0, 0.1) is 6.92 Å². The summed E-state index contributed by atoms with van der Waals surface area (Å²) in [5.41, 5.74) is 1.15. The first kappa shape index (κ1) is 16.6. The van der Waals surface area contributed by atoms with Gasteiger partial charge in [0.2, 0.25) is 0 Å². The van der Waals surface area contributed by atoms with Crippen LogP contribution in [0.2, 0.25) is 0 Å². The van der Waals surface area contributed by atoms with Crippen molar-refractivity contribution in [2.45, 2.75) is 19.4 Å². The lowest BCUT2D eigenvalue weighted by Gasteiger charge is -2.25. The number of amides is 1. The Morgan fingerprint density at radius 1 is 1.27 bits per heavy atom. The highest BCUT2D eigenvalue weighted by Crippen LogP contribution is 2.32. The monoisotopic (exact) mass is 327 g/mol. The molecule has 2 rings (SSSR count). The quantitative estimate of drug-likeness (QED) is 0.833. The third kappa shape index (κ3) is 3.04. The Balaban J connectivity index is 2.31. The van der Waals surface area contributed by atoms with Crippen LogP contribution in [0.15, 0.2) is 12.1 Å². The van der Waals surface area contributed by atoms with Gasteiger partial charge in [0.25, 0.3) is 5.91 Å². The molecule has 1 atom stereocenters. The zero-order chi connectivity index (χ0) is 16.5. The molecule has 1 aromatic carbocycles. The highest BCUT2D eigenvalue weighted by molar-refractivity contribution is 7.91. The summed E-state index contributed by atoms with van der Waals surface area (Å²) in [5, 5.41) is 0. The minimum Gasteiger partial charge on any atom is -0.496 e. The zero-order valence-corrected chi connectivity index (χ0v) is 14.1. The number of hydrogen-bond donors (Lipinski definition) is 0. The lowest BCUT2D eigenvalue weighted by molar-refractivity contribution is 0.0744. The molecule has 1 aliphatic heterocycles. The Morgan fingerprint density at radius 3 is 2.45 bits per heavy atom. The molecular formula is C15H21NO5S. The van der Waals surface area contributed by atoms with E-state index in [1.165, 1.54) is 12.0 Å². The van der Waals surface area contributed by atoms with Crippen LogP contribution in [0.4, 0.5) is 0 Å². The summed E-state index contributed by atoms with van der Waals surface area (Å²) in [4.78, 5) is 14.2. The van der Waals surface area contributed by atoms with E-state index in [-0.39, 0.29) is 23.5 Å². The SMILES string of the molecule is COc1ccc(C(=O)N(C)C2CCS(=O)(=O)C2)c(OC)c1C. The summed E-state index contributed by atoms with van der Waals surface area (Å²) < 4.78 is 33.7. The molecule has 0 radical (unpaired) electrons. The van der Waals surface area contributed by atoms with Crippen LogP contribution >= 0.6 is 0 Å². The smallest absolute Gasteiger partial charge is 0.257 e. The summed E-state index contributed by atoms with van der Waals surface area (Å²) in [6.07, 6.45) is 0.474. The summed E-state index contributed by atoms with van der Waals surface area (Å²) in [6.45, 7) is 1.81. The maximum Gasteiger partial charge on any atom is 0.257 e. The standard InChI is InChI=1S/C15H21NO5S/c1-10-13(20-3)6-5-12(14(10)21-4)15(17)16(2)11-7-8-22(18,19)9-11/h5-6,11H,7-9H2,1-4H3. The number of methoxy groups -OCH3 is 2. The van der Waals surface area contributed by atoms with E-state index in [0.717, 1.165) is 5.56 Å². The second kappa shape index (κ2) is 6.16. The molecule has 0 N–H and O–H groups in total. The third-order valence-electron chi connectivity index (χ3n) is 4.09. The number of sulfone groups is 1. The zero-order valence-electron chi connectivity index (χ0n) is 13.3. The summed E-state index contributed by atoms with van der Waals surface area (Å²) in [5.74, 6) is 1.00. The number of nitrogens with zero attached hydrogens (tertiary/aromatic N) is 1. The van der Waals surface area contributed by atoms with Gasteiger partial charge in [0, 0.05) is 18.7 Å². The van der Waals surface area contributed by atoms with Gasteiger partial charge in [0.15, 0.2) is 9.84 Å². The summed E-state index contributed by atoms with van der Waals surface area (Å²) in [7, 11) is 1.65. The van der Waals surface area contributed by atoms with Crippen molar-refractivity contribution in [1.82, 2.24) is 4.90 Å². The molecule has 22 heavy (non-hydrogen) atoms. The average Bonchev–Trinajstić information content (AvgIpc) is 2.85. The fourth-order valence-electron chi connectivity index (χ4n) is 2.76. The minimum absolute atomic E-state index is 0.0205. The molecule has 0 saturated carbocycles. The number of hydrogen-bond acceptors (Lipinski definition) is 5. The van der Waals surface area contributed by atoms with Gasteiger partial charge in [0.05, 0.1) is 31.3 Å². The van der Waals surface area contributed by atoms with E-state index < -0.39 is 9.84 Å². The largest absolute Gasteiger partial charge is 0.496 e. The van der Waals surface area contributed by atoms with Crippen molar-refractivity contribution in [1.29, 1.82) is 0 Å². The van der Waals surface area contributed by atoms with E-state index in [9.17, 15) is 13.2 Å². The van der Waals surface area contributed by atoms with Crippen LogP contribution in [0.3, 0.4) is 0 Å². The van der Waals surface area contributed by atoms with Crippen LogP contribution < -0.4 is 9.47 Å². The number of rotatable bonds is 4. The molecule has 1 aromatic rings. The van der Waals surface area contributed by atoms with Crippen molar-refractivity contribution >= 4 is 15.7 Å².